The van der Waals surface area contributed by atoms with Crippen LogP contribution in [0, 0.1) is 0 Å². The molecule has 1 aromatic rings. The third kappa shape index (κ3) is 4.86. The van der Waals surface area contributed by atoms with Gasteiger partial charge in [0.05, 0.1) is 0 Å². The summed E-state index contributed by atoms with van der Waals surface area (Å²) >= 11 is 6.51. The van der Waals surface area contributed by atoms with Gasteiger partial charge < -0.3 is 4.90 Å². The summed E-state index contributed by atoms with van der Waals surface area (Å²) in [5, 5.41) is 0.951. The molecule has 0 aliphatic heterocycles. The molecule has 1 aromatic carbocycles. The molecule has 2 heteroatoms. The highest BCUT2D eigenvalue weighted by Gasteiger charge is 2.17. The second-order valence-corrected chi connectivity index (χ2v) is 6.41. The number of nitrogens with zero attached hydrogens (tertiary/aromatic N) is 1. The third-order valence-electron chi connectivity index (χ3n) is 4.64. The van der Waals surface area contributed by atoms with Crippen LogP contribution < -0.4 is 0 Å². The standard InChI is InChI=1S/C19H28ClN/c1-3-21(4-2)14-8-9-16-12-13-18(19(20)15-16)17-10-6-5-7-11-17/h8-9,12-13,15,17H,3-7,10-11,14H2,1-2H3. The van der Waals surface area contributed by atoms with Crippen LogP contribution in [0.3, 0.4) is 0 Å². The average molecular weight is 306 g/mol. The summed E-state index contributed by atoms with van der Waals surface area (Å²) < 4.78 is 0. The Labute approximate surface area is 135 Å². The van der Waals surface area contributed by atoms with Gasteiger partial charge in [0.25, 0.3) is 0 Å². The molecule has 0 bridgehead atoms. The molecular formula is C19H28ClN. The Bertz CT molecular complexity index is 457. The molecule has 1 aliphatic rings. The van der Waals surface area contributed by atoms with Crippen molar-refractivity contribution in [1.82, 2.24) is 4.90 Å². The van der Waals surface area contributed by atoms with Gasteiger partial charge in [-0.1, -0.05) is 69.0 Å². The topological polar surface area (TPSA) is 3.24 Å². The molecule has 0 aromatic heterocycles. The van der Waals surface area contributed by atoms with Crippen LogP contribution in [0.4, 0.5) is 0 Å². The number of likely N-dealkylation sites (N-methyl/N-ethyl adjacent to an activating group) is 1. The van der Waals surface area contributed by atoms with Gasteiger partial charge in [0.1, 0.15) is 0 Å². The van der Waals surface area contributed by atoms with Gasteiger partial charge >= 0.3 is 0 Å². The highest BCUT2D eigenvalue weighted by Crippen LogP contribution is 2.36. The summed E-state index contributed by atoms with van der Waals surface area (Å²) in [6, 6.07) is 6.59. The van der Waals surface area contributed by atoms with Gasteiger partial charge in [-0.05, 0) is 49.0 Å². The predicted molar refractivity (Wildman–Crippen MR) is 94.1 cm³/mol. The highest BCUT2D eigenvalue weighted by atomic mass is 35.5. The Hall–Kier alpha value is -0.790. The lowest BCUT2D eigenvalue weighted by molar-refractivity contribution is 0.338. The second-order valence-electron chi connectivity index (χ2n) is 6.00. The van der Waals surface area contributed by atoms with Crippen LogP contribution in [0.2, 0.25) is 5.02 Å². The van der Waals surface area contributed by atoms with Crippen LogP contribution in [0.5, 0.6) is 0 Å². The van der Waals surface area contributed by atoms with Crippen molar-refractivity contribution < 1.29 is 0 Å². The van der Waals surface area contributed by atoms with Crippen LogP contribution in [-0.4, -0.2) is 24.5 Å². The molecule has 21 heavy (non-hydrogen) atoms. The van der Waals surface area contributed by atoms with Gasteiger partial charge in [0.2, 0.25) is 0 Å². The summed E-state index contributed by atoms with van der Waals surface area (Å²) in [6.07, 6.45) is 11.1. The van der Waals surface area contributed by atoms with E-state index in [1.54, 1.807) is 0 Å². The molecule has 0 unspecified atom stereocenters. The Morgan fingerprint density at radius 1 is 1.14 bits per heavy atom. The zero-order valence-electron chi connectivity index (χ0n) is 13.4. The number of benzene rings is 1. The molecule has 1 saturated carbocycles. The fourth-order valence-corrected chi connectivity index (χ4v) is 3.55. The van der Waals surface area contributed by atoms with Crippen LogP contribution in [0.1, 0.15) is 63.0 Å². The minimum atomic E-state index is 0.681. The van der Waals surface area contributed by atoms with Crippen LogP contribution in [0.15, 0.2) is 24.3 Å². The lowest BCUT2D eigenvalue weighted by atomic mass is 9.84. The number of halogens is 1. The van der Waals surface area contributed by atoms with Crippen LogP contribution in [-0.2, 0) is 0 Å². The van der Waals surface area contributed by atoms with Crippen molar-refractivity contribution in [3.63, 3.8) is 0 Å². The largest absolute Gasteiger partial charge is 0.300 e. The minimum Gasteiger partial charge on any atom is -0.300 e. The zero-order chi connectivity index (χ0) is 15.1. The van der Waals surface area contributed by atoms with E-state index in [9.17, 15) is 0 Å². The molecule has 1 aliphatic carbocycles. The molecule has 1 nitrogen and oxygen atoms in total. The Morgan fingerprint density at radius 2 is 1.86 bits per heavy atom. The monoisotopic (exact) mass is 305 g/mol. The van der Waals surface area contributed by atoms with Gasteiger partial charge in [-0.2, -0.15) is 0 Å². The lowest BCUT2D eigenvalue weighted by Gasteiger charge is -2.23. The second kappa shape index (κ2) is 8.60. The van der Waals surface area contributed by atoms with Gasteiger partial charge in [-0.15, -0.1) is 0 Å². The maximum atomic E-state index is 6.51. The fourth-order valence-electron chi connectivity index (χ4n) is 3.21. The van der Waals surface area contributed by atoms with Crippen molar-refractivity contribution in [2.75, 3.05) is 19.6 Å². The first-order valence-electron chi connectivity index (χ1n) is 8.43. The molecule has 0 N–H and O–H groups in total. The Balaban J connectivity index is 1.99. The van der Waals surface area contributed by atoms with Crippen molar-refractivity contribution in [2.45, 2.75) is 51.9 Å². The summed E-state index contributed by atoms with van der Waals surface area (Å²) in [5.41, 5.74) is 2.57. The van der Waals surface area contributed by atoms with Crippen LogP contribution >= 0.6 is 11.6 Å². The van der Waals surface area contributed by atoms with Gasteiger partial charge in [-0.25, -0.2) is 0 Å². The Morgan fingerprint density at radius 3 is 2.48 bits per heavy atom. The van der Waals surface area contributed by atoms with E-state index in [1.165, 1.54) is 43.2 Å². The quantitative estimate of drug-likeness (QED) is 0.647. The van der Waals surface area contributed by atoms with Gasteiger partial charge in [0.15, 0.2) is 0 Å². The van der Waals surface area contributed by atoms with E-state index >= 15 is 0 Å². The molecule has 0 heterocycles. The summed E-state index contributed by atoms with van der Waals surface area (Å²) in [4.78, 5) is 2.40. The third-order valence-corrected chi connectivity index (χ3v) is 4.97. The predicted octanol–water partition coefficient (Wildman–Crippen LogP) is 5.74. The minimum absolute atomic E-state index is 0.681. The molecule has 0 amide bonds. The summed E-state index contributed by atoms with van der Waals surface area (Å²) in [7, 11) is 0. The van der Waals surface area contributed by atoms with E-state index in [2.05, 4.69) is 49.1 Å². The zero-order valence-corrected chi connectivity index (χ0v) is 14.2. The average Bonchev–Trinajstić information content (AvgIpc) is 2.52. The maximum Gasteiger partial charge on any atom is 0.0446 e. The fraction of sp³-hybridized carbons (Fsp3) is 0.579. The molecule has 116 valence electrons. The first kappa shape index (κ1) is 16.6. The van der Waals surface area contributed by atoms with E-state index in [0.29, 0.717) is 5.92 Å². The summed E-state index contributed by atoms with van der Waals surface area (Å²) in [6.45, 7) is 7.61. The number of rotatable bonds is 6. The first-order chi connectivity index (χ1) is 10.2. The molecule has 1 fully saturated rings. The van der Waals surface area contributed by atoms with Crippen molar-refractivity contribution in [1.29, 1.82) is 0 Å². The smallest absolute Gasteiger partial charge is 0.0446 e. The normalized spacial score (nSPS) is 17.0. The number of hydrogen-bond acceptors (Lipinski definition) is 1. The molecule has 2 rings (SSSR count). The van der Waals surface area contributed by atoms with Crippen molar-refractivity contribution >= 4 is 17.7 Å². The Kier molecular flexibility index (Phi) is 6.79. The SMILES string of the molecule is CCN(CC)CC=Cc1ccc(C2CCCCC2)c(Cl)c1. The van der Waals surface area contributed by atoms with Gasteiger partial charge in [-0.3, -0.25) is 0 Å². The van der Waals surface area contributed by atoms with E-state index in [0.717, 1.165) is 24.7 Å². The molecule has 0 atom stereocenters. The van der Waals surface area contributed by atoms with Crippen molar-refractivity contribution in [2.24, 2.45) is 0 Å². The van der Waals surface area contributed by atoms with Crippen molar-refractivity contribution in [3.05, 3.63) is 40.4 Å². The number of hydrogen-bond donors (Lipinski definition) is 0. The molecule has 0 radical (unpaired) electrons. The first-order valence-corrected chi connectivity index (χ1v) is 8.80. The summed E-state index contributed by atoms with van der Waals surface area (Å²) in [5.74, 6) is 0.681. The highest BCUT2D eigenvalue weighted by molar-refractivity contribution is 6.31. The van der Waals surface area contributed by atoms with E-state index in [1.807, 2.05) is 0 Å². The van der Waals surface area contributed by atoms with E-state index in [-0.39, 0.29) is 0 Å². The lowest BCUT2D eigenvalue weighted by Crippen LogP contribution is -2.22. The van der Waals surface area contributed by atoms with Crippen LogP contribution in [0.25, 0.3) is 6.08 Å². The maximum absolute atomic E-state index is 6.51. The van der Waals surface area contributed by atoms with Crippen molar-refractivity contribution in [3.8, 4) is 0 Å². The van der Waals surface area contributed by atoms with E-state index < -0.39 is 0 Å². The van der Waals surface area contributed by atoms with Gasteiger partial charge in [0, 0.05) is 11.6 Å². The molecule has 0 spiro atoms. The molecular weight excluding hydrogens is 278 g/mol. The molecule has 0 saturated heterocycles. The van der Waals surface area contributed by atoms with E-state index in [4.69, 9.17) is 11.6 Å².